The molecule has 2 heterocycles. The molecule has 8 heteroatoms. The Labute approximate surface area is 147 Å². The highest BCUT2D eigenvalue weighted by atomic mass is 35.5. The number of thioether (sulfide) groups is 1. The molecule has 1 fully saturated rings. The van der Waals surface area contributed by atoms with E-state index < -0.39 is 0 Å². The largest absolute Gasteiger partial charge is 0.245 e. The van der Waals surface area contributed by atoms with E-state index in [9.17, 15) is 0 Å². The fraction of sp³-hybridized carbons (Fsp3) is 0.333. The second-order valence-electron chi connectivity index (χ2n) is 5.46. The molecule has 0 saturated heterocycles. The summed E-state index contributed by atoms with van der Waals surface area (Å²) in [5.41, 5.74) is 2.30. The van der Waals surface area contributed by atoms with Gasteiger partial charge in [-0.15, -0.1) is 16.4 Å². The summed E-state index contributed by atoms with van der Waals surface area (Å²) in [5.74, 6) is 0.796. The highest BCUT2D eigenvalue weighted by molar-refractivity contribution is 7.98. The predicted molar refractivity (Wildman–Crippen MR) is 92.0 cm³/mol. The van der Waals surface area contributed by atoms with Gasteiger partial charge in [0.2, 0.25) is 5.16 Å². The number of benzene rings is 1. The van der Waals surface area contributed by atoms with Crippen LogP contribution in [-0.4, -0.2) is 25.2 Å². The van der Waals surface area contributed by atoms with Crippen molar-refractivity contribution in [1.82, 2.24) is 25.2 Å². The van der Waals surface area contributed by atoms with Crippen LogP contribution in [0.5, 0.6) is 0 Å². The van der Waals surface area contributed by atoms with Crippen LogP contribution in [0.3, 0.4) is 0 Å². The van der Waals surface area contributed by atoms with E-state index in [4.69, 9.17) is 16.6 Å². The molecule has 0 radical (unpaired) electrons. The van der Waals surface area contributed by atoms with Crippen LogP contribution >= 0.6 is 34.7 Å². The van der Waals surface area contributed by atoms with Gasteiger partial charge in [0.15, 0.2) is 0 Å². The molecule has 0 spiro atoms. The van der Waals surface area contributed by atoms with Crippen molar-refractivity contribution in [2.45, 2.75) is 36.2 Å². The van der Waals surface area contributed by atoms with Gasteiger partial charge in [0.05, 0.1) is 16.7 Å². The Bertz CT molecular complexity index is 794. The zero-order valence-electron chi connectivity index (χ0n) is 12.2. The number of rotatable bonds is 6. The Kier molecular flexibility index (Phi) is 4.33. The summed E-state index contributed by atoms with van der Waals surface area (Å²) in [6, 6.07) is 8.42. The van der Waals surface area contributed by atoms with Crippen LogP contribution in [0.4, 0.5) is 0 Å². The molecular weight excluding hydrogens is 350 g/mol. The summed E-state index contributed by atoms with van der Waals surface area (Å²) >= 11 is 9.26. The zero-order chi connectivity index (χ0) is 15.6. The summed E-state index contributed by atoms with van der Waals surface area (Å²) < 4.78 is 1.94. The molecule has 0 aliphatic heterocycles. The molecule has 4 rings (SSSR count). The minimum Gasteiger partial charge on any atom is -0.245 e. The van der Waals surface area contributed by atoms with Crippen LogP contribution in [0, 0.1) is 0 Å². The fourth-order valence-electron chi connectivity index (χ4n) is 2.24. The molecule has 1 aromatic carbocycles. The van der Waals surface area contributed by atoms with Crippen LogP contribution in [0.2, 0.25) is 5.02 Å². The average molecular weight is 364 g/mol. The number of hydrogen-bond acceptors (Lipinski definition) is 6. The molecule has 5 nitrogen and oxygen atoms in total. The number of thiazole rings is 1. The Morgan fingerprint density at radius 3 is 2.87 bits per heavy atom. The van der Waals surface area contributed by atoms with Crippen molar-refractivity contribution in [3.8, 4) is 0 Å². The molecule has 3 aromatic rings. The SMILES string of the molecule is Clc1ccc(Cc2nc(CSc3nnnn3C3CC3)cs2)cc1. The van der Waals surface area contributed by atoms with Gasteiger partial charge in [-0.05, 0) is 41.0 Å². The fourth-order valence-corrected chi connectivity index (χ4v) is 4.14. The lowest BCUT2D eigenvalue weighted by Crippen LogP contribution is -1.98. The molecule has 1 aliphatic rings. The second-order valence-corrected chi connectivity index (χ2v) is 7.78. The quantitative estimate of drug-likeness (QED) is 0.619. The predicted octanol–water partition coefficient (Wildman–Crippen LogP) is 4.00. The molecule has 118 valence electrons. The van der Waals surface area contributed by atoms with Crippen molar-refractivity contribution in [1.29, 1.82) is 0 Å². The van der Waals surface area contributed by atoms with Crippen molar-refractivity contribution in [2.24, 2.45) is 0 Å². The van der Waals surface area contributed by atoms with Crippen LogP contribution in [-0.2, 0) is 12.2 Å². The monoisotopic (exact) mass is 363 g/mol. The highest BCUT2D eigenvalue weighted by Crippen LogP contribution is 2.36. The van der Waals surface area contributed by atoms with Gasteiger partial charge >= 0.3 is 0 Å². The minimum atomic E-state index is 0.503. The maximum absolute atomic E-state index is 5.91. The normalized spacial score (nSPS) is 14.3. The van der Waals surface area contributed by atoms with Crippen molar-refractivity contribution in [3.63, 3.8) is 0 Å². The molecule has 23 heavy (non-hydrogen) atoms. The molecule has 0 amide bonds. The Morgan fingerprint density at radius 1 is 1.26 bits per heavy atom. The van der Waals surface area contributed by atoms with Crippen LogP contribution in [0.15, 0.2) is 34.8 Å². The van der Waals surface area contributed by atoms with E-state index in [1.54, 1.807) is 23.1 Å². The van der Waals surface area contributed by atoms with Gasteiger partial charge in [-0.25, -0.2) is 9.67 Å². The number of hydrogen-bond donors (Lipinski definition) is 0. The zero-order valence-corrected chi connectivity index (χ0v) is 14.6. The molecular formula is C15H14ClN5S2. The smallest absolute Gasteiger partial charge is 0.209 e. The summed E-state index contributed by atoms with van der Waals surface area (Å²) in [6.45, 7) is 0. The van der Waals surface area contributed by atoms with Gasteiger partial charge in [-0.2, -0.15) is 0 Å². The molecule has 1 saturated carbocycles. The molecule has 0 bridgehead atoms. The van der Waals surface area contributed by atoms with Gasteiger partial charge in [0.1, 0.15) is 0 Å². The van der Waals surface area contributed by atoms with E-state index in [2.05, 4.69) is 20.9 Å². The standard InChI is InChI=1S/C15H14ClN5S2/c16-11-3-1-10(2-4-11)7-14-17-12(8-22-14)9-23-15-18-19-20-21(15)13-5-6-13/h1-4,8,13H,5-7,9H2. The van der Waals surface area contributed by atoms with Crippen molar-refractivity contribution >= 4 is 34.7 Å². The van der Waals surface area contributed by atoms with Crippen LogP contribution in [0.1, 0.15) is 35.1 Å². The van der Waals surface area contributed by atoms with Crippen LogP contribution in [0.25, 0.3) is 0 Å². The van der Waals surface area contributed by atoms with Crippen molar-refractivity contribution in [2.75, 3.05) is 0 Å². The lowest BCUT2D eigenvalue weighted by molar-refractivity contribution is 0.565. The lowest BCUT2D eigenvalue weighted by Gasteiger charge is -2.00. The van der Waals surface area contributed by atoms with Gasteiger partial charge in [-0.3, -0.25) is 0 Å². The lowest BCUT2D eigenvalue weighted by atomic mass is 10.2. The first-order valence-electron chi connectivity index (χ1n) is 7.36. The second kappa shape index (κ2) is 6.59. The third-order valence-electron chi connectivity index (χ3n) is 3.57. The number of nitrogens with zero attached hydrogens (tertiary/aromatic N) is 5. The third-order valence-corrected chi connectivity index (χ3v) is 5.69. The van der Waals surface area contributed by atoms with E-state index in [0.717, 1.165) is 33.1 Å². The van der Waals surface area contributed by atoms with Gasteiger partial charge < -0.3 is 0 Å². The molecule has 1 aliphatic carbocycles. The van der Waals surface area contributed by atoms with E-state index >= 15 is 0 Å². The Hall–Kier alpha value is -1.44. The molecule has 0 atom stereocenters. The van der Waals surface area contributed by atoms with Gasteiger partial charge in [0.25, 0.3) is 0 Å². The topological polar surface area (TPSA) is 56.5 Å². The maximum Gasteiger partial charge on any atom is 0.209 e. The number of halogens is 1. The van der Waals surface area contributed by atoms with E-state index in [-0.39, 0.29) is 0 Å². The minimum absolute atomic E-state index is 0.503. The van der Waals surface area contributed by atoms with Gasteiger partial charge in [0, 0.05) is 22.6 Å². The van der Waals surface area contributed by atoms with Crippen molar-refractivity contribution in [3.05, 3.63) is 50.9 Å². The summed E-state index contributed by atoms with van der Waals surface area (Å²) in [6.07, 6.45) is 3.20. The molecule has 2 aromatic heterocycles. The Morgan fingerprint density at radius 2 is 2.09 bits per heavy atom. The number of tetrazole rings is 1. The molecule has 0 N–H and O–H groups in total. The first-order chi connectivity index (χ1) is 11.3. The first-order valence-corrected chi connectivity index (χ1v) is 9.60. The van der Waals surface area contributed by atoms with E-state index in [0.29, 0.717) is 6.04 Å². The van der Waals surface area contributed by atoms with E-state index in [1.165, 1.54) is 18.4 Å². The number of aromatic nitrogens is 5. The first kappa shape index (κ1) is 15.1. The van der Waals surface area contributed by atoms with Crippen molar-refractivity contribution < 1.29 is 0 Å². The Balaban J connectivity index is 1.38. The summed E-state index contributed by atoms with van der Waals surface area (Å²) in [7, 11) is 0. The molecule has 0 unspecified atom stereocenters. The maximum atomic E-state index is 5.91. The average Bonchev–Trinajstić information content (AvgIpc) is 3.12. The summed E-state index contributed by atoms with van der Waals surface area (Å²) in [4.78, 5) is 4.70. The summed E-state index contributed by atoms with van der Waals surface area (Å²) in [5, 5.41) is 16.8. The third kappa shape index (κ3) is 3.73. The highest BCUT2D eigenvalue weighted by Gasteiger charge is 2.27. The van der Waals surface area contributed by atoms with Crippen LogP contribution < -0.4 is 0 Å². The van der Waals surface area contributed by atoms with E-state index in [1.807, 2.05) is 28.9 Å². The van der Waals surface area contributed by atoms with Gasteiger partial charge in [-0.1, -0.05) is 35.5 Å².